The van der Waals surface area contributed by atoms with E-state index >= 15 is 0 Å². The molecule has 0 unspecified atom stereocenters. The molecule has 46 heavy (non-hydrogen) atoms. The molecule has 5 aromatic rings. The Balaban J connectivity index is 1.21. The molecule has 240 valence electrons. The van der Waals surface area contributed by atoms with E-state index in [0.29, 0.717) is 18.0 Å². The molecule has 0 saturated carbocycles. The molecule has 2 atom stereocenters. The van der Waals surface area contributed by atoms with Crippen LogP contribution in [0.15, 0.2) is 72.9 Å². The van der Waals surface area contributed by atoms with Crippen LogP contribution in [0.1, 0.15) is 88.2 Å². The van der Waals surface area contributed by atoms with Crippen molar-refractivity contribution < 1.29 is 19.4 Å². The lowest BCUT2D eigenvalue weighted by atomic mass is 9.85. The van der Waals surface area contributed by atoms with Crippen LogP contribution in [-0.4, -0.2) is 48.7 Å². The predicted octanol–water partition coefficient (Wildman–Crippen LogP) is 6.48. The SMILES string of the molecule is CC(C)c1nnc2ccc(O[C@@H]3CC[C@H](NC(=O)Nc4cc(C(C)(C)C)nn4-c4cccc(OCCO)c4)c4ccccc43)cn12. The molecule has 2 amide bonds. The fraction of sp³-hybridized carbons (Fsp3) is 0.371. The number of benzene rings is 2. The van der Waals surface area contributed by atoms with Gasteiger partial charge in [-0.3, -0.25) is 9.72 Å². The van der Waals surface area contributed by atoms with Gasteiger partial charge in [0.25, 0.3) is 0 Å². The molecule has 6 rings (SSSR count). The minimum Gasteiger partial charge on any atom is -0.491 e. The Labute approximate surface area is 268 Å². The summed E-state index contributed by atoms with van der Waals surface area (Å²) in [7, 11) is 0. The number of carbonyl (C=O) groups excluding carboxylic acids is 1. The topological polar surface area (TPSA) is 128 Å². The molecule has 11 heteroatoms. The Morgan fingerprint density at radius 3 is 2.57 bits per heavy atom. The molecule has 3 aromatic heterocycles. The highest BCUT2D eigenvalue weighted by Gasteiger charge is 2.30. The van der Waals surface area contributed by atoms with E-state index in [-0.39, 0.29) is 42.7 Å². The van der Waals surface area contributed by atoms with Crippen molar-refractivity contribution in [1.29, 1.82) is 0 Å². The first-order chi connectivity index (χ1) is 22.1. The van der Waals surface area contributed by atoms with Crippen molar-refractivity contribution in [3.05, 3.63) is 95.6 Å². The monoisotopic (exact) mass is 623 g/mol. The lowest BCUT2D eigenvalue weighted by molar-refractivity contribution is 0.171. The molecule has 1 aliphatic rings. The number of fused-ring (bicyclic) bond motifs is 2. The first kappa shape index (κ1) is 31.1. The van der Waals surface area contributed by atoms with Gasteiger partial charge in [-0.1, -0.05) is 65.0 Å². The Hall–Kier alpha value is -4.90. The van der Waals surface area contributed by atoms with E-state index in [0.717, 1.165) is 46.2 Å². The van der Waals surface area contributed by atoms with Crippen molar-refractivity contribution in [1.82, 2.24) is 29.7 Å². The van der Waals surface area contributed by atoms with Gasteiger partial charge >= 0.3 is 6.03 Å². The second-order valence-corrected chi connectivity index (χ2v) is 12.9. The lowest BCUT2D eigenvalue weighted by Crippen LogP contribution is -2.36. The number of anilines is 1. The third-order valence-electron chi connectivity index (χ3n) is 8.08. The molecule has 0 aliphatic heterocycles. The molecular formula is C35H41N7O4. The van der Waals surface area contributed by atoms with Crippen LogP contribution in [0.25, 0.3) is 11.3 Å². The number of nitrogens with one attached hydrogen (secondary N) is 2. The minimum absolute atomic E-state index is 0.0809. The number of hydrogen-bond acceptors (Lipinski definition) is 7. The van der Waals surface area contributed by atoms with Gasteiger partial charge in [0.2, 0.25) is 0 Å². The Kier molecular flexibility index (Phi) is 8.68. The highest BCUT2D eigenvalue weighted by molar-refractivity contribution is 5.89. The van der Waals surface area contributed by atoms with Gasteiger partial charge in [-0.2, -0.15) is 5.10 Å². The number of ether oxygens (including phenoxy) is 2. The molecule has 0 saturated heterocycles. The number of amides is 2. The normalized spacial score (nSPS) is 16.3. The summed E-state index contributed by atoms with van der Waals surface area (Å²) in [6.45, 7) is 10.5. The van der Waals surface area contributed by atoms with Crippen LogP contribution in [0.2, 0.25) is 0 Å². The van der Waals surface area contributed by atoms with E-state index in [9.17, 15) is 9.90 Å². The molecule has 2 aromatic carbocycles. The summed E-state index contributed by atoms with van der Waals surface area (Å²) in [5.74, 6) is 3.00. The largest absolute Gasteiger partial charge is 0.491 e. The second kappa shape index (κ2) is 12.8. The van der Waals surface area contributed by atoms with E-state index < -0.39 is 0 Å². The predicted molar refractivity (Wildman–Crippen MR) is 176 cm³/mol. The summed E-state index contributed by atoms with van der Waals surface area (Å²) < 4.78 is 15.8. The fourth-order valence-electron chi connectivity index (χ4n) is 5.75. The highest BCUT2D eigenvalue weighted by atomic mass is 16.5. The Morgan fingerprint density at radius 2 is 1.80 bits per heavy atom. The van der Waals surface area contributed by atoms with E-state index in [1.54, 1.807) is 4.68 Å². The summed E-state index contributed by atoms with van der Waals surface area (Å²) in [6, 6.07) is 20.7. The smallest absolute Gasteiger partial charge is 0.320 e. The van der Waals surface area contributed by atoms with Crippen molar-refractivity contribution >= 4 is 17.5 Å². The van der Waals surface area contributed by atoms with Crippen molar-refractivity contribution in [3.63, 3.8) is 0 Å². The van der Waals surface area contributed by atoms with Crippen LogP contribution in [0.4, 0.5) is 10.6 Å². The van der Waals surface area contributed by atoms with E-state index in [2.05, 4.69) is 67.6 Å². The van der Waals surface area contributed by atoms with Crippen LogP contribution < -0.4 is 20.1 Å². The molecule has 1 aliphatic carbocycles. The molecule has 0 bridgehead atoms. The van der Waals surface area contributed by atoms with Crippen LogP contribution in [0, 0.1) is 0 Å². The number of nitrogens with zero attached hydrogens (tertiary/aromatic N) is 5. The third-order valence-corrected chi connectivity index (χ3v) is 8.08. The number of carbonyl (C=O) groups is 1. The molecule has 11 nitrogen and oxygen atoms in total. The maximum atomic E-state index is 13.5. The Bertz CT molecular complexity index is 1840. The number of aliphatic hydroxyl groups excluding tert-OH is 1. The van der Waals surface area contributed by atoms with Gasteiger partial charge in [0, 0.05) is 23.5 Å². The molecule has 0 radical (unpaired) electrons. The highest BCUT2D eigenvalue weighted by Crippen LogP contribution is 2.39. The van der Waals surface area contributed by atoms with Gasteiger partial charge in [-0.15, -0.1) is 10.2 Å². The van der Waals surface area contributed by atoms with E-state index in [1.807, 2.05) is 65.2 Å². The molecule has 3 N–H and O–H groups in total. The van der Waals surface area contributed by atoms with Crippen molar-refractivity contribution in [3.8, 4) is 17.2 Å². The summed E-state index contributed by atoms with van der Waals surface area (Å²) in [4.78, 5) is 13.5. The second-order valence-electron chi connectivity index (χ2n) is 12.9. The summed E-state index contributed by atoms with van der Waals surface area (Å²) in [5, 5.41) is 28.8. The maximum Gasteiger partial charge on any atom is 0.320 e. The van der Waals surface area contributed by atoms with Gasteiger partial charge in [-0.05, 0) is 48.2 Å². The quantitative estimate of drug-likeness (QED) is 0.171. The lowest BCUT2D eigenvalue weighted by Gasteiger charge is -2.32. The third kappa shape index (κ3) is 6.55. The van der Waals surface area contributed by atoms with Crippen LogP contribution in [0.3, 0.4) is 0 Å². The zero-order valence-electron chi connectivity index (χ0n) is 26.9. The number of urea groups is 1. The van der Waals surface area contributed by atoms with Crippen LogP contribution in [0.5, 0.6) is 11.5 Å². The van der Waals surface area contributed by atoms with Gasteiger partial charge in [0.05, 0.1) is 30.2 Å². The van der Waals surface area contributed by atoms with E-state index in [1.165, 1.54) is 0 Å². The standard InChI is InChI=1S/C35H41N7O4/c1-22(2)33-39-38-31-16-13-25(21-41(31)33)46-29-15-14-28(26-11-6-7-12-27(26)29)36-34(44)37-32-20-30(35(3,4)5)40-42(32)23-9-8-10-24(19-23)45-18-17-43/h6-13,16,19-22,28-29,43H,14-15,17-18H2,1-5H3,(H2,36,37,44)/t28-,29+/m0/s1. The number of rotatable bonds is 9. The van der Waals surface area contributed by atoms with Gasteiger partial charge in [0.1, 0.15) is 35.9 Å². The van der Waals surface area contributed by atoms with Gasteiger partial charge in [0.15, 0.2) is 5.65 Å². The average Bonchev–Trinajstić information content (AvgIpc) is 3.66. The first-order valence-corrected chi connectivity index (χ1v) is 15.7. The maximum absolute atomic E-state index is 13.5. The molecular weight excluding hydrogens is 582 g/mol. The average molecular weight is 624 g/mol. The molecule has 0 spiro atoms. The van der Waals surface area contributed by atoms with E-state index in [4.69, 9.17) is 14.6 Å². The first-order valence-electron chi connectivity index (χ1n) is 15.7. The van der Waals surface area contributed by atoms with Gasteiger partial charge in [-0.25, -0.2) is 9.48 Å². The number of aliphatic hydroxyl groups is 1. The van der Waals surface area contributed by atoms with Crippen molar-refractivity contribution in [2.75, 3.05) is 18.5 Å². The number of aromatic nitrogens is 5. The zero-order chi connectivity index (χ0) is 32.4. The minimum atomic E-state index is -0.326. The molecule has 0 fully saturated rings. The number of pyridine rings is 1. The van der Waals surface area contributed by atoms with Crippen LogP contribution in [-0.2, 0) is 5.41 Å². The summed E-state index contributed by atoms with van der Waals surface area (Å²) >= 11 is 0. The van der Waals surface area contributed by atoms with Crippen molar-refractivity contribution in [2.24, 2.45) is 0 Å². The summed E-state index contributed by atoms with van der Waals surface area (Å²) in [5.41, 5.74) is 4.18. The zero-order valence-corrected chi connectivity index (χ0v) is 26.9. The van der Waals surface area contributed by atoms with Crippen molar-refractivity contribution in [2.45, 2.75) is 70.9 Å². The van der Waals surface area contributed by atoms with Crippen LogP contribution >= 0.6 is 0 Å². The Morgan fingerprint density at radius 1 is 1.00 bits per heavy atom. The summed E-state index contributed by atoms with van der Waals surface area (Å²) in [6.07, 6.45) is 3.23. The molecule has 3 heterocycles. The number of hydrogen-bond donors (Lipinski definition) is 3. The van der Waals surface area contributed by atoms with Gasteiger partial charge < -0.3 is 19.9 Å². The fourth-order valence-corrected chi connectivity index (χ4v) is 5.75.